The second-order valence-electron chi connectivity index (χ2n) is 5.16. The van der Waals surface area contributed by atoms with Crippen LogP contribution in [0.25, 0.3) is 0 Å². The first-order chi connectivity index (χ1) is 10.1. The molecule has 0 aliphatic carbocycles. The lowest BCUT2D eigenvalue weighted by molar-refractivity contribution is 0.169. The Morgan fingerprint density at radius 1 is 1.38 bits per heavy atom. The molecule has 1 aromatic heterocycles. The first-order valence-corrected chi connectivity index (χ1v) is 7.54. The van der Waals surface area contributed by atoms with Crippen molar-refractivity contribution in [3.05, 3.63) is 47.2 Å². The van der Waals surface area contributed by atoms with Crippen LogP contribution in [0, 0.1) is 0 Å². The zero-order valence-electron chi connectivity index (χ0n) is 12.7. The number of aryl methyl sites for hydroxylation is 2. The highest BCUT2D eigenvalue weighted by atomic mass is 35.5. The van der Waals surface area contributed by atoms with Crippen LogP contribution in [0.5, 0.6) is 5.75 Å². The Balaban J connectivity index is 1.92. The second-order valence-corrected chi connectivity index (χ2v) is 5.60. The number of likely N-dealkylation sites (N-methyl/N-ethyl adjacent to an activating group) is 1. The molecule has 0 fully saturated rings. The molecule has 0 saturated carbocycles. The third-order valence-corrected chi connectivity index (χ3v) is 3.92. The molecule has 0 spiro atoms. The van der Waals surface area contributed by atoms with E-state index in [9.17, 15) is 0 Å². The summed E-state index contributed by atoms with van der Waals surface area (Å²) in [4.78, 5) is 0. The predicted octanol–water partition coefficient (Wildman–Crippen LogP) is 3.06. The summed E-state index contributed by atoms with van der Waals surface area (Å²) in [5, 5.41) is 8.21. The zero-order valence-corrected chi connectivity index (χ0v) is 13.5. The van der Waals surface area contributed by atoms with Gasteiger partial charge in [0.25, 0.3) is 0 Å². The third-order valence-electron chi connectivity index (χ3n) is 3.69. The fourth-order valence-electron chi connectivity index (χ4n) is 2.40. The monoisotopic (exact) mass is 307 g/mol. The van der Waals surface area contributed by atoms with Crippen molar-refractivity contribution in [2.45, 2.75) is 31.9 Å². The number of hydrogen-bond donors (Lipinski definition) is 1. The molecule has 2 unspecified atom stereocenters. The van der Waals surface area contributed by atoms with E-state index in [0.29, 0.717) is 5.02 Å². The minimum atomic E-state index is 0.0571. The maximum Gasteiger partial charge on any atom is 0.121 e. The molecule has 0 bridgehead atoms. The molecule has 0 saturated heterocycles. The number of rotatable bonds is 7. The summed E-state index contributed by atoms with van der Waals surface area (Å²) in [6, 6.07) is 9.82. The van der Waals surface area contributed by atoms with Gasteiger partial charge in [-0.05, 0) is 51.1 Å². The molecule has 0 amide bonds. The van der Waals surface area contributed by atoms with E-state index >= 15 is 0 Å². The molecule has 0 aliphatic heterocycles. The summed E-state index contributed by atoms with van der Waals surface area (Å²) in [6.07, 6.45) is 3.83. The van der Waals surface area contributed by atoms with Crippen LogP contribution in [0.1, 0.15) is 19.0 Å². The van der Waals surface area contributed by atoms with E-state index in [-0.39, 0.29) is 12.1 Å². The number of nitrogens with one attached hydrogen (secondary N) is 1. The molecule has 2 rings (SSSR count). The van der Waals surface area contributed by atoms with Gasteiger partial charge in [0.05, 0.1) is 0 Å². The summed E-state index contributed by atoms with van der Waals surface area (Å²) < 4.78 is 7.89. The molecule has 1 N–H and O–H groups in total. The highest BCUT2D eigenvalue weighted by Gasteiger charge is 2.17. The van der Waals surface area contributed by atoms with Crippen molar-refractivity contribution in [1.29, 1.82) is 0 Å². The van der Waals surface area contributed by atoms with Gasteiger partial charge in [-0.25, -0.2) is 0 Å². The number of nitrogens with zero attached hydrogens (tertiary/aromatic N) is 2. The minimum Gasteiger partial charge on any atom is -0.489 e. The predicted molar refractivity (Wildman–Crippen MR) is 85.9 cm³/mol. The fourth-order valence-corrected chi connectivity index (χ4v) is 2.58. The second kappa shape index (κ2) is 7.48. The van der Waals surface area contributed by atoms with Gasteiger partial charge in [-0.2, -0.15) is 5.10 Å². The standard InChI is InChI=1S/C16H22ClN3O/c1-12(21-15-6-4-5-13(17)11-15)16(18-2)8-7-14-9-10-19-20(14)3/h4-6,9-12,16,18H,7-8H2,1-3H3. The largest absolute Gasteiger partial charge is 0.489 e. The van der Waals surface area contributed by atoms with Gasteiger partial charge in [0.1, 0.15) is 11.9 Å². The van der Waals surface area contributed by atoms with Crippen LogP contribution in [0.3, 0.4) is 0 Å². The molecule has 2 aromatic rings. The van der Waals surface area contributed by atoms with Crippen molar-refractivity contribution >= 4 is 11.6 Å². The van der Waals surface area contributed by atoms with E-state index in [1.54, 1.807) is 0 Å². The Kier molecular flexibility index (Phi) is 5.65. The summed E-state index contributed by atoms with van der Waals surface area (Å²) >= 11 is 5.98. The van der Waals surface area contributed by atoms with E-state index in [0.717, 1.165) is 18.6 Å². The summed E-state index contributed by atoms with van der Waals surface area (Å²) in [7, 11) is 3.93. The van der Waals surface area contributed by atoms with Crippen LogP contribution in [-0.4, -0.2) is 29.0 Å². The Bertz CT molecular complexity index is 570. The van der Waals surface area contributed by atoms with Gasteiger partial charge >= 0.3 is 0 Å². The molecule has 5 heteroatoms. The maximum absolute atomic E-state index is 5.98. The minimum absolute atomic E-state index is 0.0571. The van der Waals surface area contributed by atoms with E-state index in [4.69, 9.17) is 16.3 Å². The molecule has 114 valence electrons. The van der Waals surface area contributed by atoms with Crippen molar-refractivity contribution in [2.75, 3.05) is 7.05 Å². The first kappa shape index (κ1) is 15.9. The fraction of sp³-hybridized carbons (Fsp3) is 0.438. The van der Waals surface area contributed by atoms with Crippen LogP contribution in [0.2, 0.25) is 5.02 Å². The summed E-state index contributed by atoms with van der Waals surface area (Å²) in [5.41, 5.74) is 1.23. The van der Waals surface area contributed by atoms with E-state index in [2.05, 4.69) is 23.4 Å². The average Bonchev–Trinajstić information content (AvgIpc) is 2.85. The van der Waals surface area contributed by atoms with E-state index in [1.165, 1.54) is 5.69 Å². The van der Waals surface area contributed by atoms with Gasteiger partial charge < -0.3 is 10.1 Å². The number of benzene rings is 1. The summed E-state index contributed by atoms with van der Waals surface area (Å²) in [5.74, 6) is 0.802. The number of halogens is 1. The molecule has 0 aliphatic rings. The molecular weight excluding hydrogens is 286 g/mol. The molecule has 4 nitrogen and oxygen atoms in total. The lowest BCUT2D eigenvalue weighted by atomic mass is 10.1. The smallest absolute Gasteiger partial charge is 0.121 e. The van der Waals surface area contributed by atoms with Crippen molar-refractivity contribution in [2.24, 2.45) is 7.05 Å². The molecular formula is C16H22ClN3O. The zero-order chi connectivity index (χ0) is 15.2. The van der Waals surface area contributed by atoms with Crippen LogP contribution in [0.15, 0.2) is 36.5 Å². The van der Waals surface area contributed by atoms with Gasteiger partial charge in [-0.15, -0.1) is 0 Å². The Morgan fingerprint density at radius 2 is 2.19 bits per heavy atom. The number of hydrogen-bond acceptors (Lipinski definition) is 3. The topological polar surface area (TPSA) is 39.1 Å². The van der Waals surface area contributed by atoms with Crippen molar-refractivity contribution < 1.29 is 4.74 Å². The van der Waals surface area contributed by atoms with Crippen molar-refractivity contribution in [1.82, 2.24) is 15.1 Å². The summed E-state index contributed by atoms with van der Waals surface area (Å²) in [6.45, 7) is 2.07. The van der Waals surface area contributed by atoms with E-state index in [1.807, 2.05) is 49.2 Å². The quantitative estimate of drug-likeness (QED) is 0.854. The lowest BCUT2D eigenvalue weighted by Gasteiger charge is -2.24. The third kappa shape index (κ3) is 4.48. The Morgan fingerprint density at radius 3 is 2.81 bits per heavy atom. The van der Waals surface area contributed by atoms with Crippen LogP contribution >= 0.6 is 11.6 Å². The Labute approximate surface area is 131 Å². The van der Waals surface area contributed by atoms with Crippen LogP contribution in [0.4, 0.5) is 0 Å². The van der Waals surface area contributed by atoms with Gasteiger partial charge in [0.2, 0.25) is 0 Å². The van der Waals surface area contributed by atoms with Gasteiger partial charge in [-0.1, -0.05) is 17.7 Å². The molecule has 0 radical (unpaired) electrons. The highest BCUT2D eigenvalue weighted by Crippen LogP contribution is 2.20. The number of ether oxygens (including phenoxy) is 1. The average molecular weight is 308 g/mol. The Hall–Kier alpha value is -1.52. The van der Waals surface area contributed by atoms with Crippen molar-refractivity contribution in [3.63, 3.8) is 0 Å². The van der Waals surface area contributed by atoms with Crippen LogP contribution in [-0.2, 0) is 13.5 Å². The highest BCUT2D eigenvalue weighted by molar-refractivity contribution is 6.30. The normalized spacial score (nSPS) is 13.9. The maximum atomic E-state index is 5.98. The van der Waals surface area contributed by atoms with E-state index < -0.39 is 0 Å². The SMILES string of the molecule is CNC(CCc1ccnn1C)C(C)Oc1cccc(Cl)c1. The molecule has 21 heavy (non-hydrogen) atoms. The van der Waals surface area contributed by atoms with Gasteiger partial charge in [-0.3, -0.25) is 4.68 Å². The lowest BCUT2D eigenvalue weighted by Crippen LogP contribution is -2.39. The van der Waals surface area contributed by atoms with Crippen LogP contribution < -0.4 is 10.1 Å². The molecule has 1 heterocycles. The first-order valence-electron chi connectivity index (χ1n) is 7.16. The molecule has 1 aromatic carbocycles. The van der Waals surface area contributed by atoms with Crippen molar-refractivity contribution in [3.8, 4) is 5.75 Å². The number of aromatic nitrogens is 2. The van der Waals surface area contributed by atoms with Gasteiger partial charge in [0.15, 0.2) is 0 Å². The molecule has 2 atom stereocenters. The van der Waals surface area contributed by atoms with Gasteiger partial charge in [0, 0.05) is 30.0 Å².